The number of halogens is 2. The number of imidazole rings is 1. The second-order valence-corrected chi connectivity index (χ2v) is 28.2. The SMILES string of the molecule is COc1ccc(C[C@@H]2NC(=O)[C@H](Cc3ncc[nH]3)NC(=O)[C@H](CC(=O)O)NC(=O)[C@H](Cc3c[nH]c4ccc(F)cc34)NC(=O)[C@H](Cc3c[nH]c4ccc(F)cc34)NC(=O)[C@@H](C)NC(=O)[C@H](CNC(=O)COCCOCCN)NC(=O)CCSCc3cccc(c3)CSCCNC(=O)[C@]3(C)CCCN3C2=O)cc1. The molecule has 4 aromatic carbocycles. The fourth-order valence-corrected chi connectivity index (χ4v) is 14.1. The van der Waals surface area contributed by atoms with Gasteiger partial charge in [0.05, 0.1) is 33.4 Å². The first kappa shape index (κ1) is 80.7. The maximum Gasteiger partial charge on any atom is 0.305 e. The quantitative estimate of drug-likeness (QED) is 0.0485. The molecule has 7 aromatic rings. The molecule has 0 spiro atoms. The molecule has 572 valence electrons. The first-order valence-corrected chi connectivity index (χ1v) is 37.2. The number of nitrogens with zero attached hydrogens (tertiary/aromatic N) is 2. The number of aromatic nitrogens is 4. The highest BCUT2D eigenvalue weighted by Gasteiger charge is 2.48. The van der Waals surface area contributed by atoms with Crippen LogP contribution in [0.1, 0.15) is 73.2 Å². The Morgan fingerprint density at radius 3 is 1.85 bits per heavy atom. The molecule has 0 saturated carbocycles. The molecule has 34 heteroatoms. The maximum atomic E-state index is 15.2. The first-order chi connectivity index (χ1) is 51.5. The van der Waals surface area contributed by atoms with Gasteiger partial charge in [0.1, 0.15) is 77.6 Å². The van der Waals surface area contributed by atoms with Crippen LogP contribution in [0.2, 0.25) is 0 Å². The molecule has 0 unspecified atom stereocenters. The Hall–Kier alpha value is -10.4. The van der Waals surface area contributed by atoms with Crippen LogP contribution in [-0.4, -0.2) is 214 Å². The lowest BCUT2D eigenvalue weighted by molar-refractivity contribution is -0.146. The lowest BCUT2D eigenvalue weighted by Crippen LogP contribution is -2.62. The van der Waals surface area contributed by atoms with Gasteiger partial charge in [-0.2, -0.15) is 23.5 Å². The minimum absolute atomic E-state index is 0.0414. The molecule has 2 aliphatic heterocycles. The summed E-state index contributed by atoms with van der Waals surface area (Å²) in [5.41, 5.74) is 7.96. The molecule has 10 amide bonds. The Balaban J connectivity index is 1.05. The number of amides is 10. The van der Waals surface area contributed by atoms with Crippen molar-refractivity contribution in [2.24, 2.45) is 5.73 Å². The van der Waals surface area contributed by atoms with E-state index in [0.717, 1.165) is 17.2 Å². The largest absolute Gasteiger partial charge is 0.497 e. The van der Waals surface area contributed by atoms with Crippen LogP contribution in [0.15, 0.2) is 110 Å². The minimum Gasteiger partial charge on any atom is -0.497 e. The average Bonchev–Trinajstić information content (AvgIpc) is 1.68. The number of benzene rings is 4. The molecule has 3 aromatic heterocycles. The van der Waals surface area contributed by atoms with E-state index in [0.29, 0.717) is 51.8 Å². The van der Waals surface area contributed by atoms with Gasteiger partial charge in [-0.15, -0.1) is 0 Å². The number of carboxylic acids is 1. The summed E-state index contributed by atoms with van der Waals surface area (Å²) in [5, 5.41) is 34.8. The molecule has 30 nitrogen and oxygen atoms in total. The van der Waals surface area contributed by atoms with E-state index in [1.165, 1.54) is 85.8 Å². The Kier molecular flexibility index (Phi) is 29.6. The predicted octanol–water partition coefficient (Wildman–Crippen LogP) is 1.99. The van der Waals surface area contributed by atoms with Crippen molar-refractivity contribution >= 4 is 110 Å². The number of nitrogens with one attached hydrogen (secondary N) is 12. The highest BCUT2D eigenvalue weighted by molar-refractivity contribution is 7.98. The smallest absolute Gasteiger partial charge is 0.305 e. The lowest BCUT2D eigenvalue weighted by Gasteiger charge is -2.36. The van der Waals surface area contributed by atoms with Gasteiger partial charge in [0.25, 0.3) is 0 Å². The van der Waals surface area contributed by atoms with Crippen molar-refractivity contribution in [2.45, 2.75) is 125 Å². The first-order valence-electron chi connectivity index (χ1n) is 34.9. The van der Waals surface area contributed by atoms with Gasteiger partial charge in [-0.1, -0.05) is 36.4 Å². The van der Waals surface area contributed by atoms with Crippen LogP contribution in [0.5, 0.6) is 5.75 Å². The second-order valence-electron chi connectivity index (χ2n) is 26.0. The summed E-state index contributed by atoms with van der Waals surface area (Å²) in [5.74, 6) is -9.11. The number of methoxy groups -OCH3 is 1. The third kappa shape index (κ3) is 23.3. The average molecular weight is 1520 g/mol. The summed E-state index contributed by atoms with van der Waals surface area (Å²) < 4.78 is 46.1. The second kappa shape index (κ2) is 39.3. The standard InChI is InChI=1S/C73H89F2N15O15S2/c1-42-65(95)85-55(30-46-36-80-53-14-10-48(74)32-51(46)53)66(96)86-56(31-47-37-81-54-15-11-49(75)33-52(47)54)67(97)88-58(35-64(93)94)69(99)87-57(34-61-77-19-20-78-61)68(98)89-59(29-43-8-12-50(103-3)13-9-43)71(101)90-22-5-17-73(90,2)72(102)79-21-27-107-41-45-7-4-6-44(28-45)40-106-26-16-62(91)84-60(70(100)83-42)38-82-63(92)39-105-25-24-104-23-18-76/h4,6-15,19-20,28,32-33,36-37,42,55-60,80-81H,5,16-18,21-27,29-31,34-35,38-41,76H2,1-3H3,(H,77,78)(H,79,102)(H,82,92)(H,83,100)(H,84,91)(H,85,95)(H,86,96)(H,87,99)(H,88,97)(H,89,98)(H,93,94)/t42-,55+,56+,57+,58+,59+,60+,73+/m1/s1. The molecule has 0 aliphatic carbocycles. The van der Waals surface area contributed by atoms with Gasteiger partial charge in [0.2, 0.25) is 59.1 Å². The molecule has 2 bridgehead atoms. The van der Waals surface area contributed by atoms with Crippen LogP contribution in [0.4, 0.5) is 8.78 Å². The Labute approximate surface area is 623 Å². The number of fused-ring (bicyclic) bond motifs is 5. The van der Waals surface area contributed by atoms with Gasteiger partial charge in [-0.25, -0.2) is 13.8 Å². The number of thioether (sulfide) groups is 2. The minimum atomic E-state index is -2.04. The van der Waals surface area contributed by atoms with Crippen LogP contribution >= 0.6 is 23.5 Å². The molecule has 1 saturated heterocycles. The van der Waals surface area contributed by atoms with Crippen LogP contribution in [0.3, 0.4) is 0 Å². The molecule has 9 rings (SSSR count). The fourth-order valence-electron chi connectivity index (χ4n) is 12.4. The van der Waals surface area contributed by atoms with Gasteiger partial charge in [-0.3, -0.25) is 52.7 Å². The summed E-state index contributed by atoms with van der Waals surface area (Å²) in [6.45, 7) is 3.13. The molecule has 2 aliphatic rings. The molecular weight excluding hydrogens is 1430 g/mol. The zero-order valence-corrected chi connectivity index (χ0v) is 60.9. The van der Waals surface area contributed by atoms with Crippen molar-refractivity contribution in [3.8, 4) is 5.75 Å². The van der Waals surface area contributed by atoms with Crippen LogP contribution in [0, 0.1) is 11.6 Å². The van der Waals surface area contributed by atoms with Crippen molar-refractivity contribution in [1.29, 1.82) is 0 Å². The van der Waals surface area contributed by atoms with Gasteiger partial charge >= 0.3 is 5.97 Å². The van der Waals surface area contributed by atoms with E-state index < -0.39 is 157 Å². The molecule has 15 N–H and O–H groups in total. The number of carbonyl (C=O) groups excluding carboxylic acids is 10. The van der Waals surface area contributed by atoms with E-state index in [1.54, 1.807) is 43.0 Å². The number of aromatic amines is 3. The van der Waals surface area contributed by atoms with E-state index in [4.69, 9.17) is 19.9 Å². The van der Waals surface area contributed by atoms with Crippen LogP contribution in [0.25, 0.3) is 21.8 Å². The molecule has 0 radical (unpaired) electrons. The predicted molar refractivity (Wildman–Crippen MR) is 394 cm³/mol. The van der Waals surface area contributed by atoms with Crippen molar-refractivity contribution in [2.75, 3.05) is 71.2 Å². The summed E-state index contributed by atoms with van der Waals surface area (Å²) in [6, 6.07) is 10.5. The summed E-state index contributed by atoms with van der Waals surface area (Å²) >= 11 is 3.02. The van der Waals surface area contributed by atoms with E-state index in [1.807, 2.05) is 24.3 Å². The van der Waals surface area contributed by atoms with Gasteiger partial charge in [0, 0.05) is 128 Å². The zero-order valence-electron chi connectivity index (χ0n) is 59.3. The summed E-state index contributed by atoms with van der Waals surface area (Å²) in [6.07, 6.45) is 3.80. The van der Waals surface area contributed by atoms with E-state index in [2.05, 4.69) is 67.8 Å². The number of nitrogens with two attached hydrogens (primary N) is 1. The Morgan fingerprint density at radius 1 is 0.664 bits per heavy atom. The Morgan fingerprint density at radius 2 is 1.24 bits per heavy atom. The highest BCUT2D eigenvalue weighted by atomic mass is 32.2. The summed E-state index contributed by atoms with van der Waals surface area (Å²) in [4.78, 5) is 173. The van der Waals surface area contributed by atoms with Gasteiger partial charge < -0.3 is 92.8 Å². The van der Waals surface area contributed by atoms with E-state index in [-0.39, 0.29) is 92.9 Å². The van der Waals surface area contributed by atoms with E-state index >= 15 is 23.6 Å². The normalized spacial score (nSPS) is 22.1. The third-order valence-corrected chi connectivity index (χ3v) is 20.1. The maximum absolute atomic E-state index is 15.2. The van der Waals surface area contributed by atoms with Crippen molar-refractivity contribution in [3.05, 3.63) is 155 Å². The number of carbonyl (C=O) groups is 11. The molecule has 107 heavy (non-hydrogen) atoms. The van der Waals surface area contributed by atoms with E-state index in [9.17, 15) is 43.1 Å². The van der Waals surface area contributed by atoms with Crippen LogP contribution < -0.4 is 58.3 Å². The van der Waals surface area contributed by atoms with Crippen LogP contribution in [-0.2, 0) is 99.4 Å². The van der Waals surface area contributed by atoms with Gasteiger partial charge in [0.15, 0.2) is 0 Å². The van der Waals surface area contributed by atoms with Crippen molar-refractivity contribution in [1.82, 2.24) is 72.7 Å². The highest BCUT2D eigenvalue weighted by Crippen LogP contribution is 2.31. The summed E-state index contributed by atoms with van der Waals surface area (Å²) in [7, 11) is 1.48. The lowest BCUT2D eigenvalue weighted by atomic mass is 9.95. The van der Waals surface area contributed by atoms with Crippen molar-refractivity contribution < 1.29 is 80.8 Å². The number of hydrogen-bond donors (Lipinski definition) is 14. The number of ether oxygens (including phenoxy) is 3. The topological polar surface area (TPSA) is 433 Å². The number of hydrogen-bond acceptors (Lipinski definition) is 18. The molecule has 8 atom stereocenters. The fraction of sp³-hybridized carbons (Fsp3) is 0.425. The number of aliphatic carboxylic acids is 1. The molecular formula is C73H89F2N15O15S2. The molecule has 5 heterocycles. The van der Waals surface area contributed by atoms with Gasteiger partial charge in [-0.05, 0) is 103 Å². The number of H-pyrrole nitrogens is 3. The molecule has 1 fully saturated rings. The zero-order chi connectivity index (χ0) is 76.6. The monoisotopic (exact) mass is 1520 g/mol. The number of carboxylic acid groups (broad SMARTS) is 1. The van der Waals surface area contributed by atoms with Crippen molar-refractivity contribution in [3.63, 3.8) is 0 Å². The third-order valence-electron chi connectivity index (χ3n) is 18.1. The Bertz CT molecular complexity index is 4280. The number of rotatable bonds is 20.